The number of nitrogens with one attached hydrogen (secondary N) is 4. The average Bonchev–Trinajstić information content (AvgIpc) is 2.80. The molecule has 0 aliphatic heterocycles. The number of nitrogens with two attached hydrogens (primary N) is 1. The van der Waals surface area contributed by atoms with E-state index in [1.807, 2.05) is 36.4 Å². The molecule has 3 aromatic rings. The van der Waals surface area contributed by atoms with E-state index < -0.39 is 12.1 Å². The molecule has 190 valence electrons. The number of urea groups is 1. The summed E-state index contributed by atoms with van der Waals surface area (Å²) in [5, 5.41) is 23.6. The van der Waals surface area contributed by atoms with E-state index in [0.717, 1.165) is 15.7 Å². The predicted octanol–water partition coefficient (Wildman–Crippen LogP) is 6.18. The molecule has 0 fully saturated rings. The number of benzene rings is 3. The molecule has 0 aliphatic carbocycles. The van der Waals surface area contributed by atoms with Crippen LogP contribution in [0.5, 0.6) is 0 Å². The lowest BCUT2D eigenvalue weighted by Gasteiger charge is -2.19. The number of anilines is 3. The van der Waals surface area contributed by atoms with Crippen molar-refractivity contribution in [2.24, 2.45) is 5.73 Å². The summed E-state index contributed by atoms with van der Waals surface area (Å²) >= 11 is 3.50. The van der Waals surface area contributed by atoms with Crippen molar-refractivity contribution in [2.45, 2.75) is 19.1 Å². The molecule has 0 bridgehead atoms. The van der Waals surface area contributed by atoms with E-state index in [1.54, 1.807) is 24.3 Å². The number of carbonyl (C=O) groups is 2. The minimum Gasteiger partial charge on any atom is -0.475 e. The van der Waals surface area contributed by atoms with Gasteiger partial charge in [-0.25, -0.2) is 9.59 Å². The van der Waals surface area contributed by atoms with Gasteiger partial charge in [0.05, 0.1) is 11.4 Å². The first-order valence-electron chi connectivity index (χ1n) is 10.3. The Bertz CT molecular complexity index is 1220. The number of amides is 2. The van der Waals surface area contributed by atoms with Gasteiger partial charge in [-0.3, -0.25) is 5.41 Å². The maximum absolute atomic E-state index is 12.4. The van der Waals surface area contributed by atoms with Gasteiger partial charge in [-0.2, -0.15) is 13.2 Å². The van der Waals surface area contributed by atoms with Crippen molar-refractivity contribution in [3.8, 4) is 0 Å². The first kappa shape index (κ1) is 28.2. The van der Waals surface area contributed by atoms with Gasteiger partial charge in [0.15, 0.2) is 0 Å². The number of amidine groups is 1. The Kier molecular flexibility index (Phi) is 9.85. The fraction of sp³-hybridized carbons (Fsp3) is 0.125. The minimum absolute atomic E-state index is 0.0134. The maximum atomic E-state index is 12.4. The van der Waals surface area contributed by atoms with Crippen LogP contribution in [0.4, 0.5) is 35.0 Å². The van der Waals surface area contributed by atoms with Gasteiger partial charge in [0.2, 0.25) is 0 Å². The number of hydrogen-bond donors (Lipinski definition) is 6. The fourth-order valence-corrected chi connectivity index (χ4v) is 3.25. The summed E-state index contributed by atoms with van der Waals surface area (Å²) in [7, 11) is 0. The van der Waals surface area contributed by atoms with Crippen molar-refractivity contribution < 1.29 is 27.9 Å². The average molecular weight is 566 g/mol. The Balaban J connectivity index is 0.000000572. The van der Waals surface area contributed by atoms with Gasteiger partial charge in [0.25, 0.3) is 0 Å². The van der Waals surface area contributed by atoms with Crippen LogP contribution in [-0.4, -0.2) is 29.1 Å². The molecule has 0 aromatic heterocycles. The first-order valence-corrected chi connectivity index (χ1v) is 11.1. The number of alkyl halides is 3. The second kappa shape index (κ2) is 12.6. The van der Waals surface area contributed by atoms with Crippen molar-refractivity contribution in [3.05, 3.63) is 88.4 Å². The van der Waals surface area contributed by atoms with Crippen LogP contribution < -0.4 is 21.7 Å². The summed E-state index contributed by atoms with van der Waals surface area (Å²) in [4.78, 5) is 21.3. The zero-order chi connectivity index (χ0) is 26.9. The quantitative estimate of drug-likeness (QED) is 0.156. The number of hydrogen-bond acceptors (Lipinski definition) is 4. The van der Waals surface area contributed by atoms with Crippen LogP contribution in [0.2, 0.25) is 0 Å². The number of carboxylic acid groups (broad SMARTS) is 1. The highest BCUT2D eigenvalue weighted by Crippen LogP contribution is 2.27. The van der Waals surface area contributed by atoms with Crippen LogP contribution in [-0.2, 0) is 4.79 Å². The zero-order valence-electron chi connectivity index (χ0n) is 18.9. The van der Waals surface area contributed by atoms with Gasteiger partial charge < -0.3 is 26.8 Å². The molecule has 8 nitrogen and oxygen atoms in total. The van der Waals surface area contributed by atoms with Crippen LogP contribution in [0.3, 0.4) is 0 Å². The lowest BCUT2D eigenvalue weighted by molar-refractivity contribution is -0.192. The largest absolute Gasteiger partial charge is 0.490 e. The molecular formula is C24H23BrF3N5O3. The lowest BCUT2D eigenvalue weighted by atomic mass is 10.1. The topological polar surface area (TPSA) is 140 Å². The normalized spacial score (nSPS) is 11.4. The van der Waals surface area contributed by atoms with Gasteiger partial charge in [-0.1, -0.05) is 40.2 Å². The predicted molar refractivity (Wildman–Crippen MR) is 136 cm³/mol. The molecule has 0 spiro atoms. The highest BCUT2D eigenvalue weighted by atomic mass is 79.9. The van der Waals surface area contributed by atoms with Gasteiger partial charge in [-0.15, -0.1) is 0 Å². The Hall–Kier alpha value is -4.06. The molecule has 3 rings (SSSR count). The van der Waals surface area contributed by atoms with Gasteiger partial charge in [-0.05, 0) is 61.0 Å². The lowest BCUT2D eigenvalue weighted by Crippen LogP contribution is -2.21. The molecule has 0 radical (unpaired) electrons. The molecular weight excluding hydrogens is 543 g/mol. The molecule has 2 amide bonds. The number of para-hydroxylation sites is 2. The van der Waals surface area contributed by atoms with Gasteiger partial charge in [0, 0.05) is 21.8 Å². The van der Waals surface area contributed by atoms with E-state index in [-0.39, 0.29) is 17.9 Å². The number of carbonyl (C=O) groups excluding carboxylic acids is 1. The second-order valence-corrected chi connectivity index (χ2v) is 8.26. The highest BCUT2D eigenvalue weighted by molar-refractivity contribution is 9.10. The van der Waals surface area contributed by atoms with Crippen LogP contribution >= 0.6 is 15.9 Å². The second-order valence-electron chi connectivity index (χ2n) is 7.34. The van der Waals surface area contributed by atoms with E-state index in [4.69, 9.17) is 21.0 Å². The van der Waals surface area contributed by atoms with Crippen LogP contribution in [0, 0.1) is 5.41 Å². The third-order valence-corrected chi connectivity index (χ3v) is 5.09. The van der Waals surface area contributed by atoms with E-state index in [2.05, 4.69) is 50.9 Å². The maximum Gasteiger partial charge on any atom is 0.490 e. The first-order chi connectivity index (χ1) is 16.9. The standard InChI is InChI=1S/C22H22BrN5O.C2HF3O2/c1-14(16-5-4-6-17(23)13-16)26-19-7-2-3-8-20(19)28-22(29)27-18-11-9-15(10-12-18)21(24)25;3-2(4,5)1(6)7/h2-14,26H,1H3,(H3,24,25)(H2,27,28,29);(H,6,7)/t14-;/m0./s1. The molecule has 36 heavy (non-hydrogen) atoms. The summed E-state index contributed by atoms with van der Waals surface area (Å²) in [5.41, 5.74) is 9.29. The molecule has 0 saturated heterocycles. The van der Waals surface area contributed by atoms with Crippen molar-refractivity contribution >= 4 is 50.8 Å². The number of aliphatic carboxylic acids is 1. The van der Waals surface area contributed by atoms with Gasteiger partial charge >= 0.3 is 18.2 Å². The van der Waals surface area contributed by atoms with Crippen molar-refractivity contribution in [1.29, 1.82) is 5.41 Å². The summed E-state index contributed by atoms with van der Waals surface area (Å²) in [6.07, 6.45) is -5.08. The summed E-state index contributed by atoms with van der Waals surface area (Å²) < 4.78 is 32.8. The van der Waals surface area contributed by atoms with Gasteiger partial charge in [0.1, 0.15) is 5.84 Å². The Morgan fingerprint density at radius 2 is 1.56 bits per heavy atom. The Morgan fingerprint density at radius 3 is 2.08 bits per heavy atom. The number of carboxylic acids is 1. The minimum atomic E-state index is -5.08. The van der Waals surface area contributed by atoms with Crippen molar-refractivity contribution in [3.63, 3.8) is 0 Å². The molecule has 1 atom stereocenters. The Labute approximate surface area is 213 Å². The summed E-state index contributed by atoms with van der Waals surface area (Å²) in [6, 6.07) is 22.1. The molecule has 0 heterocycles. The molecule has 0 saturated carbocycles. The van der Waals surface area contributed by atoms with E-state index in [0.29, 0.717) is 16.9 Å². The number of nitrogen functional groups attached to an aromatic ring is 1. The van der Waals surface area contributed by atoms with Crippen LogP contribution in [0.25, 0.3) is 0 Å². The zero-order valence-corrected chi connectivity index (χ0v) is 20.4. The number of halogens is 4. The molecule has 3 aromatic carbocycles. The highest BCUT2D eigenvalue weighted by Gasteiger charge is 2.38. The third kappa shape index (κ3) is 8.95. The Morgan fingerprint density at radius 1 is 0.972 bits per heavy atom. The molecule has 0 unspecified atom stereocenters. The monoisotopic (exact) mass is 565 g/mol. The fourth-order valence-electron chi connectivity index (χ4n) is 2.83. The molecule has 7 N–H and O–H groups in total. The van der Waals surface area contributed by atoms with E-state index in [1.165, 1.54) is 0 Å². The third-order valence-electron chi connectivity index (χ3n) is 4.59. The van der Waals surface area contributed by atoms with E-state index in [9.17, 15) is 18.0 Å². The summed E-state index contributed by atoms with van der Waals surface area (Å²) in [6.45, 7) is 2.06. The van der Waals surface area contributed by atoms with E-state index >= 15 is 0 Å². The van der Waals surface area contributed by atoms with Crippen LogP contribution in [0.15, 0.2) is 77.3 Å². The van der Waals surface area contributed by atoms with Crippen molar-refractivity contribution in [1.82, 2.24) is 0 Å². The molecule has 12 heteroatoms. The van der Waals surface area contributed by atoms with Crippen molar-refractivity contribution in [2.75, 3.05) is 16.0 Å². The molecule has 0 aliphatic rings. The summed E-state index contributed by atoms with van der Waals surface area (Å²) in [5.74, 6) is -2.77. The SMILES string of the molecule is C[C@H](Nc1ccccc1NC(=O)Nc1ccc(C(=N)N)cc1)c1cccc(Br)c1.O=C(O)C(F)(F)F. The smallest absolute Gasteiger partial charge is 0.475 e. The number of rotatable bonds is 6. The van der Waals surface area contributed by atoms with Crippen LogP contribution in [0.1, 0.15) is 24.1 Å².